The van der Waals surface area contributed by atoms with Gasteiger partial charge in [-0.25, -0.2) is 0 Å². The van der Waals surface area contributed by atoms with Gasteiger partial charge in [-0.1, -0.05) is 19.8 Å². The standard InChI is InChI=1S/C11H21NO2/c1-8-2-4-9(5-3-8)11-13-7-10(6-12)14-11/h8-11H,2-7,12H2,1H3. The van der Waals surface area contributed by atoms with Crippen molar-refractivity contribution < 1.29 is 9.47 Å². The molecule has 82 valence electrons. The second kappa shape index (κ2) is 4.60. The van der Waals surface area contributed by atoms with Gasteiger partial charge in [0.25, 0.3) is 0 Å². The summed E-state index contributed by atoms with van der Waals surface area (Å²) in [7, 11) is 0. The molecule has 0 aromatic carbocycles. The Morgan fingerprint density at radius 1 is 1.21 bits per heavy atom. The minimum Gasteiger partial charge on any atom is -0.350 e. The van der Waals surface area contributed by atoms with Crippen LogP contribution in [0.3, 0.4) is 0 Å². The van der Waals surface area contributed by atoms with E-state index in [9.17, 15) is 0 Å². The van der Waals surface area contributed by atoms with Crippen LogP contribution in [-0.4, -0.2) is 25.5 Å². The lowest BCUT2D eigenvalue weighted by Crippen LogP contribution is -2.28. The second-order valence-electron chi connectivity index (χ2n) is 4.72. The van der Waals surface area contributed by atoms with E-state index >= 15 is 0 Å². The van der Waals surface area contributed by atoms with Crippen LogP contribution in [0.25, 0.3) is 0 Å². The third kappa shape index (κ3) is 2.27. The first-order valence-corrected chi connectivity index (χ1v) is 5.76. The fraction of sp³-hybridized carbons (Fsp3) is 1.00. The summed E-state index contributed by atoms with van der Waals surface area (Å²) >= 11 is 0. The van der Waals surface area contributed by atoms with Crippen LogP contribution in [0.15, 0.2) is 0 Å². The zero-order chi connectivity index (χ0) is 9.97. The Hall–Kier alpha value is -0.120. The molecule has 1 saturated carbocycles. The van der Waals surface area contributed by atoms with Crippen molar-refractivity contribution in [1.29, 1.82) is 0 Å². The molecule has 1 aliphatic carbocycles. The van der Waals surface area contributed by atoms with E-state index in [4.69, 9.17) is 15.2 Å². The quantitative estimate of drug-likeness (QED) is 0.733. The fourth-order valence-electron chi connectivity index (χ4n) is 2.40. The lowest BCUT2D eigenvalue weighted by Gasteiger charge is -2.29. The monoisotopic (exact) mass is 199 g/mol. The molecule has 2 atom stereocenters. The highest BCUT2D eigenvalue weighted by molar-refractivity contribution is 4.77. The van der Waals surface area contributed by atoms with E-state index in [0.717, 1.165) is 5.92 Å². The first kappa shape index (κ1) is 10.4. The predicted molar refractivity (Wildman–Crippen MR) is 54.8 cm³/mol. The van der Waals surface area contributed by atoms with Gasteiger partial charge in [0.2, 0.25) is 0 Å². The molecular formula is C11H21NO2. The maximum absolute atomic E-state index is 5.74. The van der Waals surface area contributed by atoms with E-state index in [1.54, 1.807) is 0 Å². The molecule has 0 aromatic heterocycles. The highest BCUT2D eigenvalue weighted by Gasteiger charge is 2.33. The zero-order valence-corrected chi connectivity index (χ0v) is 8.95. The van der Waals surface area contributed by atoms with Gasteiger partial charge in [-0.05, 0) is 18.8 Å². The van der Waals surface area contributed by atoms with Crippen LogP contribution >= 0.6 is 0 Å². The largest absolute Gasteiger partial charge is 0.350 e. The normalized spacial score (nSPS) is 44.1. The molecule has 3 heteroatoms. The van der Waals surface area contributed by atoms with Gasteiger partial charge < -0.3 is 15.2 Å². The number of rotatable bonds is 2. The maximum Gasteiger partial charge on any atom is 0.161 e. The Labute approximate surface area is 85.9 Å². The number of ether oxygens (including phenoxy) is 2. The van der Waals surface area contributed by atoms with Crippen molar-refractivity contribution in [3.63, 3.8) is 0 Å². The Morgan fingerprint density at radius 3 is 2.50 bits per heavy atom. The van der Waals surface area contributed by atoms with Gasteiger partial charge in [-0.2, -0.15) is 0 Å². The van der Waals surface area contributed by atoms with E-state index in [-0.39, 0.29) is 12.4 Å². The molecule has 1 heterocycles. The van der Waals surface area contributed by atoms with Crippen LogP contribution < -0.4 is 5.73 Å². The number of nitrogens with two attached hydrogens (primary N) is 1. The van der Waals surface area contributed by atoms with Gasteiger partial charge in [0.05, 0.1) is 12.7 Å². The number of hydrogen-bond acceptors (Lipinski definition) is 3. The van der Waals surface area contributed by atoms with Crippen LogP contribution in [0.2, 0.25) is 0 Å². The Morgan fingerprint density at radius 2 is 1.93 bits per heavy atom. The molecule has 2 unspecified atom stereocenters. The first-order chi connectivity index (χ1) is 6.79. The van der Waals surface area contributed by atoms with Gasteiger partial charge in [-0.15, -0.1) is 0 Å². The van der Waals surface area contributed by atoms with Crippen molar-refractivity contribution >= 4 is 0 Å². The van der Waals surface area contributed by atoms with Crippen molar-refractivity contribution in [3.8, 4) is 0 Å². The lowest BCUT2D eigenvalue weighted by atomic mass is 9.83. The molecule has 0 spiro atoms. The Bertz CT molecular complexity index is 178. The van der Waals surface area contributed by atoms with Gasteiger partial charge in [0.1, 0.15) is 0 Å². The summed E-state index contributed by atoms with van der Waals surface area (Å²) in [6, 6.07) is 0. The van der Waals surface area contributed by atoms with Crippen LogP contribution in [0.1, 0.15) is 32.6 Å². The molecule has 2 rings (SSSR count). The topological polar surface area (TPSA) is 44.5 Å². The molecule has 0 aromatic rings. The molecule has 1 aliphatic heterocycles. The molecule has 0 bridgehead atoms. The molecule has 2 aliphatic rings. The SMILES string of the molecule is CC1CCC(C2OCC(CN)O2)CC1. The van der Waals surface area contributed by atoms with Gasteiger partial charge >= 0.3 is 0 Å². The highest BCUT2D eigenvalue weighted by atomic mass is 16.7. The summed E-state index contributed by atoms with van der Waals surface area (Å²) in [5.41, 5.74) is 5.54. The smallest absolute Gasteiger partial charge is 0.161 e. The predicted octanol–water partition coefficient (Wildman–Crippen LogP) is 1.51. The third-order valence-electron chi connectivity index (χ3n) is 3.48. The van der Waals surface area contributed by atoms with Crippen molar-refractivity contribution in [2.45, 2.75) is 45.0 Å². The van der Waals surface area contributed by atoms with E-state index in [0.29, 0.717) is 19.1 Å². The molecule has 1 saturated heterocycles. The molecule has 3 nitrogen and oxygen atoms in total. The summed E-state index contributed by atoms with van der Waals surface area (Å²) in [5, 5.41) is 0. The fourth-order valence-corrected chi connectivity index (χ4v) is 2.40. The molecular weight excluding hydrogens is 178 g/mol. The van der Waals surface area contributed by atoms with Crippen molar-refractivity contribution in [2.75, 3.05) is 13.2 Å². The van der Waals surface area contributed by atoms with Crippen molar-refractivity contribution in [1.82, 2.24) is 0 Å². The summed E-state index contributed by atoms with van der Waals surface area (Å²) in [6.45, 7) is 3.60. The first-order valence-electron chi connectivity index (χ1n) is 5.76. The van der Waals surface area contributed by atoms with E-state index in [1.807, 2.05) is 0 Å². The molecule has 0 radical (unpaired) electrons. The van der Waals surface area contributed by atoms with Crippen LogP contribution in [0, 0.1) is 11.8 Å². The highest BCUT2D eigenvalue weighted by Crippen LogP contribution is 2.34. The Balaban J connectivity index is 1.79. The van der Waals surface area contributed by atoms with Gasteiger partial charge in [0, 0.05) is 12.5 Å². The van der Waals surface area contributed by atoms with Gasteiger partial charge in [0.15, 0.2) is 6.29 Å². The van der Waals surface area contributed by atoms with Crippen LogP contribution in [0.5, 0.6) is 0 Å². The molecule has 14 heavy (non-hydrogen) atoms. The minimum atomic E-state index is 0.0380. The summed E-state index contributed by atoms with van der Waals surface area (Å²) in [5.74, 6) is 1.50. The van der Waals surface area contributed by atoms with Crippen LogP contribution in [0.4, 0.5) is 0 Å². The molecule has 0 amide bonds. The van der Waals surface area contributed by atoms with Gasteiger partial charge in [-0.3, -0.25) is 0 Å². The van der Waals surface area contributed by atoms with Crippen molar-refractivity contribution in [2.24, 2.45) is 17.6 Å². The third-order valence-corrected chi connectivity index (χ3v) is 3.48. The summed E-state index contributed by atoms with van der Waals surface area (Å²) in [6.07, 6.45) is 5.32. The summed E-state index contributed by atoms with van der Waals surface area (Å²) in [4.78, 5) is 0. The Kier molecular flexibility index (Phi) is 3.42. The average molecular weight is 199 g/mol. The van der Waals surface area contributed by atoms with E-state index < -0.39 is 0 Å². The molecule has 2 N–H and O–H groups in total. The maximum atomic E-state index is 5.74. The average Bonchev–Trinajstić information content (AvgIpc) is 2.67. The summed E-state index contributed by atoms with van der Waals surface area (Å²) < 4.78 is 11.4. The van der Waals surface area contributed by atoms with Crippen LogP contribution in [-0.2, 0) is 9.47 Å². The van der Waals surface area contributed by atoms with Crippen molar-refractivity contribution in [3.05, 3.63) is 0 Å². The zero-order valence-electron chi connectivity index (χ0n) is 8.95. The minimum absolute atomic E-state index is 0.0380. The number of hydrogen-bond donors (Lipinski definition) is 1. The lowest BCUT2D eigenvalue weighted by molar-refractivity contribution is -0.106. The molecule has 2 fully saturated rings. The second-order valence-corrected chi connectivity index (χ2v) is 4.72. The van der Waals surface area contributed by atoms with E-state index in [1.165, 1.54) is 25.7 Å². The van der Waals surface area contributed by atoms with E-state index in [2.05, 4.69) is 6.92 Å².